The molecule has 12 nitrogen and oxygen atoms in total. The number of nitrogens with one attached hydrogen (secondary N) is 3. The van der Waals surface area contributed by atoms with Crippen LogP contribution in [0.15, 0.2) is 79.3 Å². The number of ether oxygens (including phenoxy) is 2. The van der Waals surface area contributed by atoms with Gasteiger partial charge in [-0.15, -0.1) is 0 Å². The molecule has 2 bridgehead atoms. The number of carbonyl (C=O) groups is 2. The third-order valence-electron chi connectivity index (χ3n) is 10.9. The number of carbonyl (C=O) groups excluding carboxylic acids is 2. The fourth-order valence-corrected chi connectivity index (χ4v) is 8.07. The van der Waals surface area contributed by atoms with Crippen LogP contribution in [-0.4, -0.2) is 82.8 Å². The van der Waals surface area contributed by atoms with Crippen LogP contribution in [0.4, 0.5) is 22.0 Å². The fourth-order valence-electron chi connectivity index (χ4n) is 8.07. The van der Waals surface area contributed by atoms with E-state index in [1.807, 2.05) is 31.0 Å². The molecule has 1 saturated carbocycles. The van der Waals surface area contributed by atoms with Gasteiger partial charge >= 0.3 is 6.09 Å². The van der Waals surface area contributed by atoms with Crippen LogP contribution in [0, 0.1) is 11.8 Å². The van der Waals surface area contributed by atoms with E-state index in [2.05, 4.69) is 91.1 Å². The van der Waals surface area contributed by atoms with Crippen molar-refractivity contribution in [1.82, 2.24) is 30.2 Å². The van der Waals surface area contributed by atoms with Crippen LogP contribution < -0.4 is 15.5 Å². The van der Waals surface area contributed by atoms with Crippen molar-refractivity contribution in [2.24, 2.45) is 11.8 Å². The van der Waals surface area contributed by atoms with Crippen LogP contribution in [0.1, 0.15) is 38.9 Å². The number of nitrogens with zero attached hydrogens (tertiary/aromatic N) is 5. The van der Waals surface area contributed by atoms with E-state index in [9.17, 15) is 9.59 Å². The molecule has 0 radical (unpaired) electrons. The van der Waals surface area contributed by atoms with E-state index in [0.29, 0.717) is 12.5 Å². The van der Waals surface area contributed by atoms with Crippen molar-refractivity contribution in [3.8, 4) is 22.4 Å². The topological polar surface area (TPSA) is 138 Å². The molecular weight excluding hydrogens is 656 g/mol. The summed E-state index contributed by atoms with van der Waals surface area (Å²) in [5, 5.41) is 7.20. The van der Waals surface area contributed by atoms with Crippen molar-refractivity contribution in [3.05, 3.63) is 85.1 Å². The number of alkyl carbamates (subject to hydrolysis) is 1. The fraction of sp³-hybridized carbons (Fsp3) is 0.375. The molecule has 3 aliphatic rings. The molecule has 0 unspecified atom stereocenters. The van der Waals surface area contributed by atoms with Crippen molar-refractivity contribution >= 4 is 40.1 Å². The smallest absolute Gasteiger partial charge is 0.407 e. The maximum Gasteiger partial charge on any atom is 0.407 e. The van der Waals surface area contributed by atoms with E-state index in [0.717, 1.165) is 96.2 Å². The number of hydrogen-bond acceptors (Lipinski definition) is 9. The van der Waals surface area contributed by atoms with Crippen molar-refractivity contribution in [2.45, 2.75) is 44.7 Å². The molecule has 3 fully saturated rings. The van der Waals surface area contributed by atoms with Gasteiger partial charge in [-0.05, 0) is 84.2 Å². The lowest BCUT2D eigenvalue weighted by molar-refractivity contribution is -0.140. The minimum atomic E-state index is -0.675. The standard InChI is InChI=1S/C40H44N8O4/c1-25(2)35(46-39(50)51-3)37(49)48-23-26-14-15-40(48,21-26)38-41-22-34(45-38)28-6-4-27(5-7-28)29-8-13-33-32(20-29)36(43-24-42-33)44-30-9-11-31(12-10-30)47-16-18-52-19-17-47/h4-13,20,22,24-26,35H,14-19,21,23H2,1-3H3,(H,41,45)(H,46,50)(H,42,43,44)/t26-,35-,40-/m0/s1. The number of amides is 2. The molecule has 3 atom stereocenters. The van der Waals surface area contributed by atoms with E-state index in [1.54, 1.807) is 6.33 Å². The number of rotatable bonds is 9. The summed E-state index contributed by atoms with van der Waals surface area (Å²) in [4.78, 5) is 47.8. The highest BCUT2D eigenvalue weighted by atomic mass is 16.5. The molecule has 5 aromatic rings. The number of methoxy groups -OCH3 is 1. The molecule has 268 valence electrons. The summed E-state index contributed by atoms with van der Waals surface area (Å²) in [6, 6.07) is 22.4. The van der Waals surface area contributed by atoms with Gasteiger partial charge in [0.25, 0.3) is 0 Å². The Bertz CT molecular complexity index is 2080. The van der Waals surface area contributed by atoms with Crippen molar-refractivity contribution in [1.29, 1.82) is 0 Å². The number of morpholine rings is 1. The molecule has 2 aliphatic heterocycles. The summed E-state index contributed by atoms with van der Waals surface area (Å²) >= 11 is 0. The maximum absolute atomic E-state index is 13.9. The molecule has 3 aromatic carbocycles. The van der Waals surface area contributed by atoms with Crippen LogP contribution in [0.25, 0.3) is 33.3 Å². The second kappa shape index (κ2) is 13.9. The number of fused-ring (bicyclic) bond motifs is 3. The van der Waals surface area contributed by atoms with Crippen molar-refractivity contribution in [3.63, 3.8) is 0 Å². The first-order valence-corrected chi connectivity index (χ1v) is 18.1. The maximum atomic E-state index is 13.9. The lowest BCUT2D eigenvalue weighted by Crippen LogP contribution is -2.56. The summed E-state index contributed by atoms with van der Waals surface area (Å²) in [6.07, 6.45) is 5.58. The van der Waals surface area contributed by atoms with Gasteiger partial charge in [-0.25, -0.2) is 19.7 Å². The van der Waals surface area contributed by atoms with E-state index in [1.165, 1.54) is 12.8 Å². The lowest BCUT2D eigenvalue weighted by atomic mass is 9.93. The zero-order valence-electron chi connectivity index (χ0n) is 29.8. The Hall–Kier alpha value is -5.49. The van der Waals surface area contributed by atoms with Gasteiger partial charge in [-0.2, -0.15) is 0 Å². The summed E-state index contributed by atoms with van der Waals surface area (Å²) in [5.41, 5.74) is 6.51. The molecule has 8 rings (SSSR count). The highest BCUT2D eigenvalue weighted by Gasteiger charge is 2.56. The Morgan fingerprint density at radius 3 is 2.44 bits per heavy atom. The third kappa shape index (κ3) is 6.32. The van der Waals surface area contributed by atoms with Crippen molar-refractivity contribution in [2.75, 3.05) is 50.2 Å². The van der Waals surface area contributed by atoms with Gasteiger partial charge < -0.3 is 34.9 Å². The molecule has 2 amide bonds. The van der Waals surface area contributed by atoms with Crippen LogP contribution >= 0.6 is 0 Å². The minimum Gasteiger partial charge on any atom is -0.453 e. The van der Waals surface area contributed by atoms with Crippen LogP contribution in [-0.2, 0) is 19.8 Å². The molecular formula is C40H44N8O4. The minimum absolute atomic E-state index is 0.0919. The molecule has 4 heterocycles. The van der Waals surface area contributed by atoms with Crippen LogP contribution in [0.5, 0.6) is 0 Å². The third-order valence-corrected chi connectivity index (χ3v) is 10.9. The van der Waals surface area contributed by atoms with Gasteiger partial charge in [0, 0.05) is 36.4 Å². The van der Waals surface area contributed by atoms with Gasteiger partial charge in [0.2, 0.25) is 5.91 Å². The number of hydrogen-bond donors (Lipinski definition) is 3. The van der Waals surface area contributed by atoms with E-state index in [4.69, 9.17) is 14.5 Å². The van der Waals surface area contributed by atoms with Gasteiger partial charge in [0.1, 0.15) is 29.6 Å². The molecule has 12 heteroatoms. The SMILES string of the molecule is COC(=O)N[C@H](C(=O)N1C[C@H]2CC[C@@]1(c1ncc(-c3ccc(-c4ccc5ncnc(Nc6ccc(N7CCOCC7)cc6)c5c4)cc3)[nH]1)C2)C(C)C. The number of piperidine rings is 1. The number of benzene rings is 3. The quantitative estimate of drug-likeness (QED) is 0.158. The van der Waals surface area contributed by atoms with Gasteiger partial charge in [-0.3, -0.25) is 4.79 Å². The molecule has 1 aliphatic carbocycles. The summed E-state index contributed by atoms with van der Waals surface area (Å²) in [5.74, 6) is 1.77. The molecule has 2 saturated heterocycles. The Kier molecular flexibility index (Phi) is 9.00. The first-order chi connectivity index (χ1) is 25.3. The van der Waals surface area contributed by atoms with E-state index < -0.39 is 17.7 Å². The van der Waals surface area contributed by atoms with Crippen LogP contribution in [0.2, 0.25) is 0 Å². The predicted molar refractivity (Wildman–Crippen MR) is 200 cm³/mol. The first-order valence-electron chi connectivity index (χ1n) is 18.1. The largest absolute Gasteiger partial charge is 0.453 e. The van der Waals surface area contributed by atoms with Gasteiger partial charge in [-0.1, -0.05) is 44.2 Å². The highest BCUT2D eigenvalue weighted by molar-refractivity contribution is 5.94. The van der Waals surface area contributed by atoms with Gasteiger partial charge in [0.05, 0.1) is 37.7 Å². The monoisotopic (exact) mass is 700 g/mol. The Morgan fingerprint density at radius 1 is 0.962 bits per heavy atom. The van der Waals surface area contributed by atoms with E-state index in [-0.39, 0.29) is 11.8 Å². The number of H-pyrrole nitrogens is 1. The second-order valence-electron chi connectivity index (χ2n) is 14.4. The Labute approximate surface area is 303 Å². The number of aromatic nitrogens is 4. The summed E-state index contributed by atoms with van der Waals surface area (Å²) < 4.78 is 10.3. The van der Waals surface area contributed by atoms with Crippen LogP contribution in [0.3, 0.4) is 0 Å². The number of imidazole rings is 1. The lowest BCUT2D eigenvalue weighted by Gasteiger charge is -2.40. The van der Waals surface area contributed by atoms with Crippen molar-refractivity contribution < 1.29 is 19.1 Å². The highest BCUT2D eigenvalue weighted by Crippen LogP contribution is 2.52. The summed E-state index contributed by atoms with van der Waals surface area (Å²) in [6.45, 7) is 7.83. The van der Waals surface area contributed by atoms with E-state index >= 15 is 0 Å². The Morgan fingerprint density at radius 2 is 1.71 bits per heavy atom. The number of likely N-dealkylation sites (tertiary alicyclic amines) is 1. The molecule has 2 aromatic heterocycles. The Balaban J connectivity index is 1.00. The number of aromatic amines is 1. The zero-order chi connectivity index (χ0) is 35.8. The average Bonchev–Trinajstić information content (AvgIpc) is 3.94. The molecule has 3 N–H and O–H groups in total. The zero-order valence-corrected chi connectivity index (χ0v) is 29.8. The average molecular weight is 701 g/mol. The molecule has 0 spiro atoms. The normalized spacial score (nSPS) is 20.3. The predicted octanol–water partition coefficient (Wildman–Crippen LogP) is 6.49. The number of anilines is 3. The van der Waals surface area contributed by atoms with Gasteiger partial charge in [0.15, 0.2) is 0 Å². The second-order valence-corrected chi connectivity index (χ2v) is 14.4. The first kappa shape index (κ1) is 33.6. The molecule has 52 heavy (non-hydrogen) atoms. The summed E-state index contributed by atoms with van der Waals surface area (Å²) in [7, 11) is 1.31.